The number of nitrogens with zero attached hydrogens (tertiary/aromatic N) is 2. The van der Waals surface area contributed by atoms with E-state index in [-0.39, 0.29) is 5.78 Å². The molecule has 1 aliphatic rings. The van der Waals surface area contributed by atoms with Crippen molar-refractivity contribution in [2.24, 2.45) is 0 Å². The number of rotatable bonds is 4. The standard InChI is InChI=1S/C16H18N2OS/c1-2-9-18-10-8-13-14(11-18)20-16(17-13)15(19)12-6-4-3-5-7-12/h3-7H,2,8-11H2,1H3. The van der Waals surface area contributed by atoms with Crippen LogP contribution in [0.3, 0.4) is 0 Å². The molecule has 3 rings (SSSR count). The van der Waals surface area contributed by atoms with Crippen LogP contribution < -0.4 is 0 Å². The van der Waals surface area contributed by atoms with Crippen LogP contribution in [0, 0.1) is 0 Å². The van der Waals surface area contributed by atoms with E-state index in [2.05, 4.69) is 16.8 Å². The van der Waals surface area contributed by atoms with Crippen molar-refractivity contribution in [3.8, 4) is 0 Å². The highest BCUT2D eigenvalue weighted by molar-refractivity contribution is 7.14. The molecule has 1 aromatic heterocycles. The summed E-state index contributed by atoms with van der Waals surface area (Å²) in [7, 11) is 0. The average Bonchev–Trinajstić information content (AvgIpc) is 2.91. The monoisotopic (exact) mass is 286 g/mol. The molecule has 4 heteroatoms. The Morgan fingerprint density at radius 1 is 1.35 bits per heavy atom. The van der Waals surface area contributed by atoms with Crippen molar-refractivity contribution < 1.29 is 4.79 Å². The van der Waals surface area contributed by atoms with Gasteiger partial charge in [0.2, 0.25) is 5.78 Å². The van der Waals surface area contributed by atoms with Gasteiger partial charge in [-0.15, -0.1) is 11.3 Å². The Labute approximate surface area is 123 Å². The van der Waals surface area contributed by atoms with Gasteiger partial charge in [0.05, 0.1) is 5.69 Å². The fourth-order valence-electron chi connectivity index (χ4n) is 2.57. The van der Waals surface area contributed by atoms with Gasteiger partial charge < -0.3 is 0 Å². The lowest BCUT2D eigenvalue weighted by Crippen LogP contribution is -2.30. The summed E-state index contributed by atoms with van der Waals surface area (Å²) in [5.41, 5.74) is 1.85. The Morgan fingerprint density at radius 2 is 2.15 bits per heavy atom. The Bertz CT molecular complexity index is 606. The van der Waals surface area contributed by atoms with E-state index in [1.165, 1.54) is 11.3 Å². The highest BCUT2D eigenvalue weighted by Gasteiger charge is 2.23. The number of fused-ring (bicyclic) bond motifs is 1. The summed E-state index contributed by atoms with van der Waals surface area (Å²) in [5, 5.41) is 0.638. The minimum Gasteiger partial charge on any atom is -0.298 e. The highest BCUT2D eigenvalue weighted by Crippen LogP contribution is 2.26. The second-order valence-electron chi connectivity index (χ2n) is 5.11. The summed E-state index contributed by atoms with van der Waals surface area (Å²) in [5.74, 6) is 0.0482. The number of carbonyl (C=O) groups is 1. The van der Waals surface area contributed by atoms with E-state index >= 15 is 0 Å². The van der Waals surface area contributed by atoms with Gasteiger partial charge in [-0.05, 0) is 13.0 Å². The third-order valence-corrected chi connectivity index (χ3v) is 4.66. The lowest BCUT2D eigenvalue weighted by molar-refractivity contribution is 0.103. The molecule has 20 heavy (non-hydrogen) atoms. The van der Waals surface area contributed by atoms with Crippen LogP contribution in [0.25, 0.3) is 0 Å². The van der Waals surface area contributed by atoms with Gasteiger partial charge in [0.15, 0.2) is 5.01 Å². The van der Waals surface area contributed by atoms with E-state index < -0.39 is 0 Å². The quantitative estimate of drug-likeness (QED) is 0.810. The molecule has 3 nitrogen and oxygen atoms in total. The molecule has 0 unspecified atom stereocenters. The van der Waals surface area contributed by atoms with Gasteiger partial charge in [-0.1, -0.05) is 37.3 Å². The van der Waals surface area contributed by atoms with Crippen LogP contribution in [-0.2, 0) is 13.0 Å². The first kappa shape index (κ1) is 13.5. The zero-order chi connectivity index (χ0) is 13.9. The van der Waals surface area contributed by atoms with Crippen molar-refractivity contribution in [2.75, 3.05) is 13.1 Å². The number of benzene rings is 1. The summed E-state index contributed by atoms with van der Waals surface area (Å²) in [6.45, 7) is 5.33. The van der Waals surface area contributed by atoms with Crippen LogP contribution in [0.4, 0.5) is 0 Å². The molecule has 0 spiro atoms. The molecule has 2 aromatic rings. The molecule has 0 radical (unpaired) electrons. The molecule has 0 saturated carbocycles. The molecular weight excluding hydrogens is 268 g/mol. The number of carbonyl (C=O) groups excluding carboxylic acids is 1. The zero-order valence-corrected chi connectivity index (χ0v) is 12.4. The largest absolute Gasteiger partial charge is 0.298 e. The molecular formula is C16H18N2OS. The van der Waals surface area contributed by atoms with Crippen LogP contribution in [0.15, 0.2) is 30.3 Å². The number of aromatic nitrogens is 1. The maximum Gasteiger partial charge on any atom is 0.221 e. The van der Waals surface area contributed by atoms with Crippen LogP contribution in [0.2, 0.25) is 0 Å². The van der Waals surface area contributed by atoms with Crippen molar-refractivity contribution in [2.45, 2.75) is 26.3 Å². The first-order valence-corrected chi connectivity index (χ1v) is 7.90. The highest BCUT2D eigenvalue weighted by atomic mass is 32.1. The van der Waals surface area contributed by atoms with Crippen LogP contribution in [0.5, 0.6) is 0 Å². The molecule has 1 aliphatic heterocycles. The van der Waals surface area contributed by atoms with Gasteiger partial charge in [-0.2, -0.15) is 0 Å². The predicted molar refractivity (Wildman–Crippen MR) is 81.3 cm³/mol. The van der Waals surface area contributed by atoms with E-state index in [4.69, 9.17) is 0 Å². The molecule has 0 aliphatic carbocycles. The van der Waals surface area contributed by atoms with Gasteiger partial charge in [-0.3, -0.25) is 9.69 Å². The minimum atomic E-state index is 0.0482. The second-order valence-corrected chi connectivity index (χ2v) is 6.19. The minimum absolute atomic E-state index is 0.0482. The fourth-order valence-corrected chi connectivity index (χ4v) is 3.68. The zero-order valence-electron chi connectivity index (χ0n) is 11.6. The van der Waals surface area contributed by atoms with E-state index in [9.17, 15) is 4.79 Å². The van der Waals surface area contributed by atoms with Crippen molar-refractivity contribution in [3.63, 3.8) is 0 Å². The molecule has 104 valence electrons. The topological polar surface area (TPSA) is 33.2 Å². The molecule has 0 bridgehead atoms. The summed E-state index contributed by atoms with van der Waals surface area (Å²) < 4.78 is 0. The van der Waals surface area contributed by atoms with Crippen molar-refractivity contribution in [1.82, 2.24) is 9.88 Å². The molecule has 0 amide bonds. The number of ketones is 1. The SMILES string of the molecule is CCCN1CCc2nc(C(=O)c3ccccc3)sc2C1. The average molecular weight is 286 g/mol. The van der Waals surface area contributed by atoms with Gasteiger partial charge in [-0.25, -0.2) is 4.98 Å². The van der Waals surface area contributed by atoms with Crippen molar-refractivity contribution in [1.29, 1.82) is 0 Å². The van der Waals surface area contributed by atoms with Crippen LogP contribution >= 0.6 is 11.3 Å². The molecule has 0 fully saturated rings. The Balaban J connectivity index is 1.82. The van der Waals surface area contributed by atoms with Crippen LogP contribution in [-0.4, -0.2) is 28.8 Å². The lowest BCUT2D eigenvalue weighted by Gasteiger charge is -2.25. The van der Waals surface area contributed by atoms with Crippen molar-refractivity contribution >= 4 is 17.1 Å². The fraction of sp³-hybridized carbons (Fsp3) is 0.375. The third-order valence-electron chi connectivity index (χ3n) is 3.58. The first-order valence-electron chi connectivity index (χ1n) is 7.08. The van der Waals surface area contributed by atoms with E-state index in [1.807, 2.05) is 30.3 Å². The van der Waals surface area contributed by atoms with E-state index in [0.29, 0.717) is 5.01 Å². The summed E-state index contributed by atoms with van der Waals surface area (Å²) in [6, 6.07) is 9.41. The Hall–Kier alpha value is -1.52. The number of hydrogen-bond donors (Lipinski definition) is 0. The smallest absolute Gasteiger partial charge is 0.221 e. The Kier molecular flexibility index (Phi) is 3.94. The van der Waals surface area contributed by atoms with Gasteiger partial charge in [0.1, 0.15) is 0 Å². The Morgan fingerprint density at radius 3 is 2.90 bits per heavy atom. The summed E-state index contributed by atoms with van der Waals surface area (Å²) in [6.07, 6.45) is 2.14. The van der Waals surface area contributed by atoms with Gasteiger partial charge >= 0.3 is 0 Å². The van der Waals surface area contributed by atoms with Gasteiger partial charge in [0.25, 0.3) is 0 Å². The molecule has 2 heterocycles. The maximum absolute atomic E-state index is 12.4. The maximum atomic E-state index is 12.4. The van der Waals surface area contributed by atoms with Crippen molar-refractivity contribution in [3.05, 3.63) is 51.5 Å². The predicted octanol–water partition coefficient (Wildman–Crippen LogP) is 3.14. The summed E-state index contributed by atoms with van der Waals surface area (Å²) in [4.78, 5) is 20.7. The summed E-state index contributed by atoms with van der Waals surface area (Å²) >= 11 is 1.57. The van der Waals surface area contributed by atoms with E-state index in [1.54, 1.807) is 11.3 Å². The number of thiazole rings is 1. The normalized spacial score (nSPS) is 15.1. The molecule has 0 saturated heterocycles. The molecule has 1 aromatic carbocycles. The third kappa shape index (κ3) is 2.67. The molecule has 0 N–H and O–H groups in total. The number of hydrogen-bond acceptors (Lipinski definition) is 4. The van der Waals surface area contributed by atoms with E-state index in [0.717, 1.165) is 37.3 Å². The lowest BCUT2D eigenvalue weighted by atomic mass is 10.1. The second kappa shape index (κ2) is 5.85. The first-order chi connectivity index (χ1) is 9.78. The van der Waals surface area contributed by atoms with Crippen LogP contribution in [0.1, 0.15) is 39.3 Å². The molecule has 0 atom stereocenters. The van der Waals surface area contributed by atoms with Gasteiger partial charge in [0, 0.05) is 30.0 Å².